The van der Waals surface area contributed by atoms with Crippen molar-refractivity contribution in [3.05, 3.63) is 42.7 Å². The van der Waals surface area contributed by atoms with Gasteiger partial charge in [0.1, 0.15) is 18.2 Å². The number of nitrogens with zero attached hydrogens (tertiary/aromatic N) is 3. The molecule has 0 amide bonds. The maximum absolute atomic E-state index is 5.90. The van der Waals surface area contributed by atoms with Crippen LogP contribution >= 0.6 is 0 Å². The molecule has 6 nitrogen and oxygen atoms in total. The molecule has 4 bridgehead atoms. The van der Waals surface area contributed by atoms with Gasteiger partial charge in [-0.1, -0.05) is 12.1 Å². The van der Waals surface area contributed by atoms with Gasteiger partial charge < -0.3 is 15.4 Å². The molecule has 0 aliphatic carbocycles. The Morgan fingerprint density at radius 3 is 3.17 bits per heavy atom. The second-order valence-corrected chi connectivity index (χ2v) is 5.76. The maximum atomic E-state index is 5.90. The van der Waals surface area contributed by atoms with E-state index in [-0.39, 0.29) is 6.04 Å². The van der Waals surface area contributed by atoms with Gasteiger partial charge in [0.15, 0.2) is 5.65 Å². The number of hydrogen-bond acceptors (Lipinski definition) is 5. The molecule has 23 heavy (non-hydrogen) atoms. The van der Waals surface area contributed by atoms with Crippen LogP contribution in [-0.2, 0) is 0 Å². The van der Waals surface area contributed by atoms with Gasteiger partial charge in [0, 0.05) is 30.9 Å². The molecule has 0 spiro atoms. The SMILES string of the molecule is C[C@@H]1COc2cccc(c2)-c2cnn3ccc(nc23)NCCN1. The van der Waals surface area contributed by atoms with E-state index in [0.29, 0.717) is 6.61 Å². The number of fused-ring (bicyclic) bond motifs is 4. The fourth-order valence-corrected chi connectivity index (χ4v) is 2.71. The first-order chi connectivity index (χ1) is 11.3. The van der Waals surface area contributed by atoms with Gasteiger partial charge in [-0.05, 0) is 30.7 Å². The summed E-state index contributed by atoms with van der Waals surface area (Å²) in [5.74, 6) is 1.72. The third kappa shape index (κ3) is 2.85. The predicted octanol–water partition coefficient (Wildman–Crippen LogP) is 2.18. The molecule has 2 N–H and O–H groups in total. The van der Waals surface area contributed by atoms with E-state index in [1.807, 2.05) is 36.7 Å². The van der Waals surface area contributed by atoms with Gasteiger partial charge in [0.25, 0.3) is 0 Å². The van der Waals surface area contributed by atoms with Crippen molar-refractivity contribution in [2.75, 3.05) is 25.0 Å². The number of hydrogen-bond donors (Lipinski definition) is 2. The molecule has 3 aromatic rings. The highest BCUT2D eigenvalue weighted by Crippen LogP contribution is 2.27. The number of benzene rings is 1. The number of ether oxygens (including phenoxy) is 1. The van der Waals surface area contributed by atoms with Crippen molar-refractivity contribution >= 4 is 11.5 Å². The van der Waals surface area contributed by atoms with Crippen LogP contribution < -0.4 is 15.4 Å². The summed E-state index contributed by atoms with van der Waals surface area (Å²) < 4.78 is 7.69. The summed E-state index contributed by atoms with van der Waals surface area (Å²) in [5.41, 5.74) is 2.90. The Bertz CT molecular complexity index is 829. The van der Waals surface area contributed by atoms with Crippen molar-refractivity contribution in [1.29, 1.82) is 0 Å². The molecule has 6 heteroatoms. The van der Waals surface area contributed by atoms with Crippen LogP contribution in [0.3, 0.4) is 0 Å². The second kappa shape index (κ2) is 5.89. The zero-order valence-electron chi connectivity index (χ0n) is 13.0. The summed E-state index contributed by atoms with van der Waals surface area (Å²) in [7, 11) is 0. The van der Waals surface area contributed by atoms with Gasteiger partial charge in [-0.3, -0.25) is 0 Å². The summed E-state index contributed by atoms with van der Waals surface area (Å²) >= 11 is 0. The molecule has 0 saturated heterocycles. The lowest BCUT2D eigenvalue weighted by Gasteiger charge is -2.16. The normalized spacial score (nSPS) is 18.2. The fraction of sp³-hybridized carbons (Fsp3) is 0.294. The first-order valence-electron chi connectivity index (χ1n) is 7.84. The molecular formula is C17H19N5O. The van der Waals surface area contributed by atoms with Crippen molar-refractivity contribution in [3.63, 3.8) is 0 Å². The Kier molecular flexibility index (Phi) is 3.59. The molecule has 1 aliphatic rings. The van der Waals surface area contributed by atoms with Gasteiger partial charge in [-0.2, -0.15) is 5.10 Å². The Morgan fingerprint density at radius 2 is 2.22 bits per heavy atom. The van der Waals surface area contributed by atoms with Gasteiger partial charge in [-0.15, -0.1) is 0 Å². The van der Waals surface area contributed by atoms with Crippen molar-refractivity contribution < 1.29 is 4.74 Å². The molecular weight excluding hydrogens is 290 g/mol. The Balaban J connectivity index is 1.81. The average Bonchev–Trinajstić information content (AvgIpc) is 3.00. The number of nitrogens with one attached hydrogen (secondary N) is 2. The van der Waals surface area contributed by atoms with Gasteiger partial charge >= 0.3 is 0 Å². The van der Waals surface area contributed by atoms with Gasteiger partial charge in [-0.25, -0.2) is 9.50 Å². The first kappa shape index (κ1) is 14.0. The highest BCUT2D eigenvalue weighted by molar-refractivity contribution is 5.78. The summed E-state index contributed by atoms with van der Waals surface area (Å²) in [5, 5.41) is 11.2. The van der Waals surface area contributed by atoms with Crippen molar-refractivity contribution in [2.24, 2.45) is 0 Å². The molecule has 0 saturated carbocycles. The molecule has 1 aromatic carbocycles. The first-order valence-corrected chi connectivity index (χ1v) is 7.84. The van der Waals surface area contributed by atoms with E-state index in [1.165, 1.54) is 0 Å². The third-order valence-electron chi connectivity index (χ3n) is 3.94. The number of rotatable bonds is 0. The van der Waals surface area contributed by atoms with E-state index in [2.05, 4.69) is 28.7 Å². The molecule has 1 aliphatic heterocycles. The lowest BCUT2D eigenvalue weighted by atomic mass is 10.1. The van der Waals surface area contributed by atoms with Crippen LogP contribution in [0.1, 0.15) is 6.92 Å². The average molecular weight is 309 g/mol. The van der Waals surface area contributed by atoms with E-state index in [1.54, 1.807) is 4.52 Å². The van der Waals surface area contributed by atoms with Crippen LogP contribution in [0.25, 0.3) is 16.8 Å². The molecule has 0 fully saturated rings. The molecule has 0 unspecified atom stereocenters. The zero-order valence-corrected chi connectivity index (χ0v) is 13.0. The lowest BCUT2D eigenvalue weighted by molar-refractivity contribution is 0.275. The standard InChI is InChI=1S/C17H19N5O/c1-12-11-23-14-4-2-3-13(9-14)15-10-20-22-8-5-16(21-17(15)22)19-7-6-18-12/h2-5,8-10,12,18H,6-7,11H2,1H3,(H,19,21)/t12-/m1/s1. The Morgan fingerprint density at radius 1 is 1.26 bits per heavy atom. The minimum Gasteiger partial charge on any atom is -0.492 e. The van der Waals surface area contributed by atoms with E-state index in [9.17, 15) is 0 Å². The monoisotopic (exact) mass is 309 g/mol. The summed E-state index contributed by atoms with van der Waals surface area (Å²) in [4.78, 5) is 4.70. The van der Waals surface area contributed by atoms with E-state index in [0.717, 1.165) is 41.4 Å². The van der Waals surface area contributed by atoms with Crippen LogP contribution in [0.4, 0.5) is 5.82 Å². The molecule has 4 rings (SSSR count). The number of aromatic nitrogens is 3. The van der Waals surface area contributed by atoms with Crippen molar-refractivity contribution in [3.8, 4) is 16.9 Å². The van der Waals surface area contributed by atoms with E-state index in [4.69, 9.17) is 9.72 Å². The molecule has 118 valence electrons. The maximum Gasteiger partial charge on any atom is 0.165 e. The third-order valence-corrected chi connectivity index (χ3v) is 3.94. The van der Waals surface area contributed by atoms with Crippen LogP contribution in [0.5, 0.6) is 5.75 Å². The van der Waals surface area contributed by atoms with Crippen LogP contribution in [0, 0.1) is 0 Å². The molecule has 1 atom stereocenters. The van der Waals surface area contributed by atoms with Crippen molar-refractivity contribution in [2.45, 2.75) is 13.0 Å². The molecule has 2 aromatic heterocycles. The predicted molar refractivity (Wildman–Crippen MR) is 89.9 cm³/mol. The largest absolute Gasteiger partial charge is 0.492 e. The highest BCUT2D eigenvalue weighted by atomic mass is 16.5. The van der Waals surface area contributed by atoms with Gasteiger partial charge in [0.2, 0.25) is 0 Å². The Hall–Kier alpha value is -2.60. The quantitative estimate of drug-likeness (QED) is 0.666. The zero-order chi connectivity index (χ0) is 15.6. The summed E-state index contributed by atoms with van der Waals surface area (Å²) in [6.07, 6.45) is 3.78. The minimum atomic E-state index is 0.283. The number of anilines is 1. The van der Waals surface area contributed by atoms with Crippen molar-refractivity contribution in [1.82, 2.24) is 19.9 Å². The van der Waals surface area contributed by atoms with Crippen LogP contribution in [0.15, 0.2) is 42.7 Å². The van der Waals surface area contributed by atoms with Crippen LogP contribution in [-0.4, -0.2) is 40.3 Å². The van der Waals surface area contributed by atoms with Gasteiger partial charge in [0.05, 0.1) is 6.20 Å². The minimum absolute atomic E-state index is 0.283. The smallest absolute Gasteiger partial charge is 0.165 e. The second-order valence-electron chi connectivity index (χ2n) is 5.76. The Labute approximate surface area is 134 Å². The van der Waals surface area contributed by atoms with E-state index < -0.39 is 0 Å². The summed E-state index contributed by atoms with van der Waals surface area (Å²) in [6, 6.07) is 10.3. The molecule has 0 radical (unpaired) electrons. The summed E-state index contributed by atoms with van der Waals surface area (Å²) in [6.45, 7) is 4.41. The topological polar surface area (TPSA) is 63.5 Å². The fourth-order valence-electron chi connectivity index (χ4n) is 2.71. The van der Waals surface area contributed by atoms with Crippen LogP contribution in [0.2, 0.25) is 0 Å². The molecule has 3 heterocycles. The highest BCUT2D eigenvalue weighted by Gasteiger charge is 2.11. The van der Waals surface area contributed by atoms with E-state index >= 15 is 0 Å². The lowest BCUT2D eigenvalue weighted by Crippen LogP contribution is -2.35.